The van der Waals surface area contributed by atoms with Crippen LogP contribution in [-0.4, -0.2) is 35.8 Å². The van der Waals surface area contributed by atoms with Crippen LogP contribution in [0.5, 0.6) is 0 Å². The molecule has 5 aromatic heterocycles. The summed E-state index contributed by atoms with van der Waals surface area (Å²) in [6.45, 7) is 0. The van der Waals surface area contributed by atoms with Crippen molar-refractivity contribution in [2.75, 3.05) is 5.32 Å². The summed E-state index contributed by atoms with van der Waals surface area (Å²) < 4.78 is 0. The molecule has 0 unspecified atom stereocenters. The molecule has 8 bridgehead atoms. The maximum absolute atomic E-state index is 13.6. The number of anilines is 1. The van der Waals surface area contributed by atoms with Gasteiger partial charge >= 0.3 is 0 Å². The van der Waals surface area contributed by atoms with Gasteiger partial charge < -0.3 is 15.3 Å². The van der Waals surface area contributed by atoms with Gasteiger partial charge in [-0.15, -0.1) is 0 Å². The van der Waals surface area contributed by atoms with E-state index in [1.54, 1.807) is 12.4 Å². The van der Waals surface area contributed by atoms with Crippen LogP contribution < -0.4 is 5.32 Å². The van der Waals surface area contributed by atoms with Gasteiger partial charge in [-0.05, 0) is 107 Å². The molecule has 0 fully saturated rings. The molecule has 0 saturated heterocycles. The largest absolute Gasteiger partial charge is 0.354 e. The number of pyridine rings is 2. The summed E-state index contributed by atoms with van der Waals surface area (Å²) in [6, 6.07) is 56.7. The summed E-state index contributed by atoms with van der Waals surface area (Å²) >= 11 is 0. The van der Waals surface area contributed by atoms with Gasteiger partial charge in [0.15, 0.2) is 0 Å². The third-order valence-corrected chi connectivity index (χ3v) is 11.3. The quantitative estimate of drug-likeness (QED) is 0.148. The Morgan fingerprint density at radius 2 is 0.810 bits per heavy atom. The number of hydrogen-bond donors (Lipinski definition) is 3. The van der Waals surface area contributed by atoms with Gasteiger partial charge in [0.05, 0.1) is 46.0 Å². The van der Waals surface area contributed by atoms with Gasteiger partial charge in [-0.25, -0.2) is 9.97 Å². The van der Waals surface area contributed by atoms with Crippen LogP contribution in [-0.2, 0) is 0 Å². The maximum atomic E-state index is 13.6. The monoisotopic (exact) mass is 811 g/mol. The zero-order valence-corrected chi connectivity index (χ0v) is 33.8. The lowest BCUT2D eigenvalue weighted by Gasteiger charge is -2.08. The number of H-pyrrole nitrogens is 2. The van der Waals surface area contributed by atoms with Crippen LogP contribution in [0.25, 0.3) is 102 Å². The average Bonchev–Trinajstić information content (AvgIpc) is 4.20. The van der Waals surface area contributed by atoms with E-state index in [9.17, 15) is 4.79 Å². The van der Waals surface area contributed by atoms with Crippen molar-refractivity contribution in [3.8, 4) is 55.9 Å². The lowest BCUT2D eigenvalue weighted by molar-refractivity contribution is 0.102. The number of nitrogens with one attached hydrogen (secondary N) is 3. The van der Waals surface area contributed by atoms with Crippen LogP contribution in [0.3, 0.4) is 0 Å². The number of rotatable bonds is 7. The fourth-order valence-corrected chi connectivity index (χ4v) is 8.36. The van der Waals surface area contributed by atoms with Gasteiger partial charge in [0.2, 0.25) is 0 Å². The molecule has 2 aliphatic heterocycles. The Bertz CT molecular complexity index is 3360. The first-order valence-corrected chi connectivity index (χ1v) is 20.7. The molecule has 0 spiro atoms. The van der Waals surface area contributed by atoms with Crippen LogP contribution in [0.1, 0.15) is 33.1 Å². The van der Waals surface area contributed by atoms with E-state index in [1.807, 2.05) is 72.8 Å². The topological polar surface area (TPSA) is 112 Å². The second-order valence-corrected chi connectivity index (χ2v) is 15.3. The molecule has 1 amide bonds. The Morgan fingerprint density at radius 3 is 1.21 bits per heavy atom. The third-order valence-electron chi connectivity index (χ3n) is 11.3. The first-order valence-electron chi connectivity index (χ1n) is 20.7. The van der Waals surface area contributed by atoms with Crippen LogP contribution in [0.4, 0.5) is 5.69 Å². The van der Waals surface area contributed by atoms with Crippen molar-refractivity contribution in [1.29, 1.82) is 0 Å². The van der Waals surface area contributed by atoms with Crippen molar-refractivity contribution in [3.05, 3.63) is 211 Å². The smallest absolute Gasteiger partial charge is 0.255 e. The van der Waals surface area contributed by atoms with Crippen LogP contribution >= 0.6 is 0 Å². The molecule has 3 N–H and O–H groups in total. The second kappa shape index (κ2) is 16.0. The number of benzene rings is 4. The standard InChI is InChI=1S/C55H37N7O/c63-55(58-40-23-24-42(57-34-40)41-18-10-11-33-56-41)39-21-19-38(20-22-39)54-49-31-29-47(61-49)52(36-14-6-2-7-15-36)45-27-25-43(59-45)51(35-12-4-1-5-13-35)44-26-28-46(60-44)53(37-16-8-3-9-17-37)48-30-32-50(54)62-48/h1-34,59,62H,(H,58,63). The Hall–Kier alpha value is -8.75. The summed E-state index contributed by atoms with van der Waals surface area (Å²) in [7, 11) is 0. The fourth-order valence-electron chi connectivity index (χ4n) is 8.36. The Labute approximate surface area is 363 Å². The van der Waals surface area contributed by atoms with E-state index in [1.165, 1.54) is 0 Å². The number of carbonyl (C=O) groups excluding carboxylic acids is 1. The van der Waals surface area contributed by atoms with Crippen molar-refractivity contribution in [2.45, 2.75) is 0 Å². The van der Waals surface area contributed by atoms with E-state index in [2.05, 4.69) is 147 Å². The van der Waals surface area contributed by atoms with E-state index >= 15 is 0 Å². The lowest BCUT2D eigenvalue weighted by Crippen LogP contribution is -2.12. The molecule has 11 rings (SSSR count). The molecule has 9 aromatic rings. The highest BCUT2D eigenvalue weighted by atomic mass is 16.1. The molecular weight excluding hydrogens is 775 g/mol. The highest BCUT2D eigenvalue weighted by Gasteiger charge is 2.19. The molecular formula is C55H37N7O. The Morgan fingerprint density at radius 1 is 0.397 bits per heavy atom. The van der Waals surface area contributed by atoms with E-state index in [0.717, 1.165) is 101 Å². The minimum Gasteiger partial charge on any atom is -0.354 e. The number of fused-ring (bicyclic) bond motifs is 8. The molecule has 2 aliphatic rings. The minimum atomic E-state index is -0.239. The number of hydrogen-bond acceptors (Lipinski definition) is 5. The second-order valence-electron chi connectivity index (χ2n) is 15.3. The van der Waals surface area contributed by atoms with Crippen molar-refractivity contribution < 1.29 is 4.79 Å². The van der Waals surface area contributed by atoms with Gasteiger partial charge in [0.1, 0.15) is 0 Å². The zero-order valence-electron chi connectivity index (χ0n) is 33.8. The van der Waals surface area contributed by atoms with E-state index in [0.29, 0.717) is 11.3 Å². The summed E-state index contributed by atoms with van der Waals surface area (Å²) in [5.74, 6) is -0.239. The maximum Gasteiger partial charge on any atom is 0.255 e. The summed E-state index contributed by atoms with van der Waals surface area (Å²) in [6.07, 6.45) is 11.8. The SMILES string of the molecule is O=C(Nc1ccc(-c2ccccn2)nc1)c1ccc(-c2c3nc(c(-c4ccccc4)c4ccc([nH]4)c(-c4ccccc4)c4nc(c(-c5ccccc5)c5ccc2[nH]5)C=C4)C=C3)cc1. The van der Waals surface area contributed by atoms with Crippen LogP contribution in [0, 0.1) is 0 Å². The summed E-state index contributed by atoms with van der Waals surface area (Å²) in [5, 5.41) is 3.00. The summed E-state index contributed by atoms with van der Waals surface area (Å²) in [4.78, 5) is 40.9. The minimum absolute atomic E-state index is 0.239. The first-order chi connectivity index (χ1) is 31.1. The number of aromatic amines is 2. The number of aromatic nitrogens is 6. The highest BCUT2D eigenvalue weighted by Crippen LogP contribution is 2.38. The Kier molecular flexibility index (Phi) is 9.48. The third kappa shape index (κ3) is 7.21. The number of amides is 1. The highest BCUT2D eigenvalue weighted by molar-refractivity contribution is 6.05. The molecule has 8 heteroatoms. The lowest BCUT2D eigenvalue weighted by atomic mass is 10.0. The van der Waals surface area contributed by atoms with Gasteiger partial charge in [0, 0.05) is 56.1 Å². The normalized spacial score (nSPS) is 11.7. The van der Waals surface area contributed by atoms with Crippen molar-refractivity contribution in [1.82, 2.24) is 29.9 Å². The summed E-state index contributed by atoms with van der Waals surface area (Å²) in [5.41, 5.74) is 17.5. The molecule has 298 valence electrons. The van der Waals surface area contributed by atoms with Gasteiger partial charge in [-0.3, -0.25) is 14.8 Å². The molecule has 4 aromatic carbocycles. The Balaban J connectivity index is 1.11. The predicted octanol–water partition coefficient (Wildman–Crippen LogP) is 13.0. The predicted molar refractivity (Wildman–Crippen MR) is 256 cm³/mol. The van der Waals surface area contributed by atoms with Crippen molar-refractivity contribution in [3.63, 3.8) is 0 Å². The fraction of sp³-hybridized carbons (Fsp3) is 0. The van der Waals surface area contributed by atoms with E-state index in [4.69, 9.17) is 9.97 Å². The molecule has 0 atom stereocenters. The van der Waals surface area contributed by atoms with E-state index < -0.39 is 0 Å². The first kappa shape index (κ1) is 37.3. The number of carbonyl (C=O) groups is 1. The van der Waals surface area contributed by atoms with Gasteiger partial charge in [-0.2, -0.15) is 0 Å². The molecule has 63 heavy (non-hydrogen) atoms. The number of nitrogens with zero attached hydrogens (tertiary/aromatic N) is 4. The van der Waals surface area contributed by atoms with Crippen LogP contribution in [0.15, 0.2) is 182 Å². The average molecular weight is 812 g/mol. The van der Waals surface area contributed by atoms with Gasteiger partial charge in [0.25, 0.3) is 5.91 Å². The molecule has 0 aliphatic carbocycles. The molecule has 7 heterocycles. The molecule has 0 saturated carbocycles. The van der Waals surface area contributed by atoms with Crippen LogP contribution in [0.2, 0.25) is 0 Å². The van der Waals surface area contributed by atoms with E-state index in [-0.39, 0.29) is 5.91 Å². The molecule has 8 nitrogen and oxygen atoms in total. The van der Waals surface area contributed by atoms with Crippen molar-refractivity contribution in [2.24, 2.45) is 0 Å². The van der Waals surface area contributed by atoms with Crippen molar-refractivity contribution >= 4 is 58.0 Å². The molecule has 0 radical (unpaired) electrons. The zero-order chi connectivity index (χ0) is 42.1. The van der Waals surface area contributed by atoms with Gasteiger partial charge in [-0.1, -0.05) is 109 Å².